The molecule has 0 radical (unpaired) electrons. The quantitative estimate of drug-likeness (QED) is 0.481. The number of aromatic nitrogens is 1. The van der Waals surface area contributed by atoms with Gasteiger partial charge in [-0.3, -0.25) is 4.79 Å². The zero-order valence-corrected chi connectivity index (χ0v) is 10.1. The van der Waals surface area contributed by atoms with E-state index in [4.69, 9.17) is 0 Å². The summed E-state index contributed by atoms with van der Waals surface area (Å²) in [4.78, 5) is 14.5. The van der Waals surface area contributed by atoms with Gasteiger partial charge >= 0.3 is 12.1 Å². The van der Waals surface area contributed by atoms with Crippen LogP contribution in [0, 0.1) is 0 Å². The molecule has 0 aromatic carbocycles. The fraction of sp³-hybridized carbons (Fsp3) is 0.200. The average molecular weight is 330 g/mol. The molecule has 1 heterocycles. The SMILES string of the molecule is O=C(C=Cc1ccnc(Br)c1)C(F)(F)C(F)(F)F. The lowest BCUT2D eigenvalue weighted by Gasteiger charge is -2.15. The van der Waals surface area contributed by atoms with E-state index in [9.17, 15) is 26.7 Å². The number of carbonyl (C=O) groups is 1. The molecular weight excluding hydrogens is 325 g/mol. The first-order chi connectivity index (χ1) is 8.14. The van der Waals surface area contributed by atoms with E-state index in [0.29, 0.717) is 4.60 Å². The fourth-order valence-corrected chi connectivity index (χ4v) is 1.32. The molecular formula is C10H5BrF5NO. The highest BCUT2D eigenvalue weighted by Gasteiger charge is 2.62. The molecule has 0 fully saturated rings. The molecule has 0 spiro atoms. The van der Waals surface area contributed by atoms with Crippen molar-refractivity contribution in [1.29, 1.82) is 0 Å². The summed E-state index contributed by atoms with van der Waals surface area (Å²) in [6, 6.07) is 2.70. The Labute approximate surface area is 107 Å². The van der Waals surface area contributed by atoms with Gasteiger partial charge in [0.2, 0.25) is 5.78 Å². The van der Waals surface area contributed by atoms with Crippen LogP contribution in [0.5, 0.6) is 0 Å². The molecule has 0 aliphatic carbocycles. The summed E-state index contributed by atoms with van der Waals surface area (Å²) in [6.07, 6.45) is -3.55. The summed E-state index contributed by atoms with van der Waals surface area (Å²) >= 11 is 2.98. The number of halogens is 6. The molecule has 0 bridgehead atoms. The van der Waals surface area contributed by atoms with Gasteiger partial charge in [0.05, 0.1) is 0 Å². The third kappa shape index (κ3) is 3.34. The van der Waals surface area contributed by atoms with Crippen molar-refractivity contribution in [1.82, 2.24) is 4.98 Å². The Hall–Kier alpha value is -1.31. The summed E-state index contributed by atoms with van der Waals surface area (Å²) in [5.41, 5.74) is 0.267. The molecule has 0 atom stereocenters. The Morgan fingerprint density at radius 2 is 1.89 bits per heavy atom. The first-order valence-corrected chi connectivity index (χ1v) is 5.22. The van der Waals surface area contributed by atoms with E-state index in [0.717, 1.165) is 6.08 Å². The molecule has 8 heteroatoms. The summed E-state index contributed by atoms with van der Waals surface area (Å²) in [5.74, 6) is -7.70. The molecule has 0 amide bonds. The van der Waals surface area contributed by atoms with Gasteiger partial charge in [0.1, 0.15) is 4.60 Å². The number of hydrogen-bond acceptors (Lipinski definition) is 2. The number of carbonyl (C=O) groups excluding carboxylic acids is 1. The predicted molar refractivity (Wildman–Crippen MR) is 57.0 cm³/mol. The van der Waals surface area contributed by atoms with Gasteiger partial charge in [-0.25, -0.2) is 4.98 Å². The summed E-state index contributed by atoms with van der Waals surface area (Å²) in [5, 5.41) is 0. The van der Waals surface area contributed by atoms with E-state index in [2.05, 4.69) is 20.9 Å². The normalized spacial score (nSPS) is 13.0. The second-order valence-electron chi connectivity index (χ2n) is 3.18. The van der Waals surface area contributed by atoms with Gasteiger partial charge in [-0.1, -0.05) is 6.08 Å². The van der Waals surface area contributed by atoms with Crippen molar-refractivity contribution in [3.63, 3.8) is 0 Å². The van der Waals surface area contributed by atoms with Gasteiger partial charge in [0.25, 0.3) is 0 Å². The van der Waals surface area contributed by atoms with E-state index in [1.807, 2.05) is 0 Å². The average Bonchev–Trinajstić information content (AvgIpc) is 2.24. The molecule has 0 aliphatic heterocycles. The topological polar surface area (TPSA) is 30.0 Å². The van der Waals surface area contributed by atoms with Gasteiger partial charge in [0, 0.05) is 6.20 Å². The van der Waals surface area contributed by atoms with E-state index < -0.39 is 17.9 Å². The van der Waals surface area contributed by atoms with E-state index in [1.165, 1.54) is 18.3 Å². The number of ketones is 1. The van der Waals surface area contributed by atoms with Crippen LogP contribution in [-0.2, 0) is 4.79 Å². The molecule has 0 aliphatic rings. The number of rotatable bonds is 3. The van der Waals surface area contributed by atoms with Gasteiger partial charge in [-0.05, 0) is 39.7 Å². The Bertz CT molecular complexity index is 483. The molecule has 18 heavy (non-hydrogen) atoms. The third-order valence-electron chi connectivity index (χ3n) is 1.84. The zero-order valence-electron chi connectivity index (χ0n) is 8.51. The number of hydrogen-bond donors (Lipinski definition) is 0. The molecule has 0 saturated heterocycles. The van der Waals surface area contributed by atoms with Crippen LogP contribution in [0.1, 0.15) is 5.56 Å². The first-order valence-electron chi connectivity index (χ1n) is 4.43. The Balaban J connectivity index is 2.89. The molecule has 0 N–H and O–H groups in total. The van der Waals surface area contributed by atoms with Crippen LogP contribution in [0.3, 0.4) is 0 Å². The molecule has 2 nitrogen and oxygen atoms in total. The zero-order chi connectivity index (χ0) is 14.0. The van der Waals surface area contributed by atoms with Crippen LogP contribution in [-0.4, -0.2) is 22.9 Å². The molecule has 1 aromatic heterocycles. The highest BCUT2D eigenvalue weighted by atomic mass is 79.9. The third-order valence-corrected chi connectivity index (χ3v) is 2.28. The molecule has 1 aromatic rings. The maximum atomic E-state index is 12.6. The standard InChI is InChI=1S/C10H5BrF5NO/c11-8-5-6(3-4-17-8)1-2-7(18)9(12,13)10(14,15)16/h1-5H. The van der Waals surface area contributed by atoms with Gasteiger partial charge in [-0.2, -0.15) is 22.0 Å². The largest absolute Gasteiger partial charge is 0.461 e. The molecule has 0 saturated carbocycles. The lowest BCUT2D eigenvalue weighted by molar-refractivity contribution is -0.266. The van der Waals surface area contributed by atoms with Crippen molar-refractivity contribution in [2.24, 2.45) is 0 Å². The molecule has 98 valence electrons. The second-order valence-corrected chi connectivity index (χ2v) is 3.99. The van der Waals surface area contributed by atoms with E-state index in [1.54, 1.807) is 0 Å². The molecule has 1 rings (SSSR count). The van der Waals surface area contributed by atoms with Gasteiger partial charge < -0.3 is 0 Å². The second kappa shape index (κ2) is 5.13. The van der Waals surface area contributed by atoms with Crippen LogP contribution in [0.4, 0.5) is 22.0 Å². The predicted octanol–water partition coefficient (Wildman–Crippen LogP) is 3.62. The minimum Gasteiger partial charge on any atom is -0.288 e. The van der Waals surface area contributed by atoms with Crippen molar-refractivity contribution in [2.75, 3.05) is 0 Å². The minimum atomic E-state index is -5.90. The highest BCUT2D eigenvalue weighted by Crippen LogP contribution is 2.36. The summed E-state index contributed by atoms with van der Waals surface area (Å²) in [6.45, 7) is 0. The maximum absolute atomic E-state index is 12.6. The lowest BCUT2D eigenvalue weighted by atomic mass is 10.1. The van der Waals surface area contributed by atoms with Crippen LogP contribution >= 0.6 is 15.9 Å². The Kier molecular flexibility index (Phi) is 4.20. The van der Waals surface area contributed by atoms with E-state index >= 15 is 0 Å². The monoisotopic (exact) mass is 329 g/mol. The van der Waals surface area contributed by atoms with Crippen molar-refractivity contribution < 1.29 is 26.7 Å². The maximum Gasteiger partial charge on any atom is 0.461 e. The number of allylic oxidation sites excluding steroid dienone is 1. The Morgan fingerprint density at radius 1 is 1.28 bits per heavy atom. The Morgan fingerprint density at radius 3 is 2.39 bits per heavy atom. The van der Waals surface area contributed by atoms with Crippen LogP contribution in [0.15, 0.2) is 29.0 Å². The fourth-order valence-electron chi connectivity index (χ4n) is 0.937. The van der Waals surface area contributed by atoms with Gasteiger partial charge in [0.15, 0.2) is 0 Å². The van der Waals surface area contributed by atoms with Crippen LogP contribution < -0.4 is 0 Å². The number of alkyl halides is 5. The smallest absolute Gasteiger partial charge is 0.288 e. The van der Waals surface area contributed by atoms with Crippen molar-refractivity contribution in [3.8, 4) is 0 Å². The van der Waals surface area contributed by atoms with Gasteiger partial charge in [-0.15, -0.1) is 0 Å². The summed E-state index contributed by atoms with van der Waals surface area (Å²) < 4.78 is 61.0. The number of nitrogens with zero attached hydrogens (tertiary/aromatic N) is 1. The first kappa shape index (κ1) is 14.7. The van der Waals surface area contributed by atoms with Crippen LogP contribution in [0.25, 0.3) is 6.08 Å². The molecule has 0 unspecified atom stereocenters. The van der Waals surface area contributed by atoms with Crippen LogP contribution in [0.2, 0.25) is 0 Å². The van der Waals surface area contributed by atoms with E-state index in [-0.39, 0.29) is 11.6 Å². The summed E-state index contributed by atoms with van der Waals surface area (Å²) in [7, 11) is 0. The minimum absolute atomic E-state index is 0.190. The lowest BCUT2D eigenvalue weighted by Crippen LogP contribution is -2.43. The van der Waals surface area contributed by atoms with Crippen molar-refractivity contribution in [2.45, 2.75) is 12.1 Å². The highest BCUT2D eigenvalue weighted by molar-refractivity contribution is 9.10. The van der Waals surface area contributed by atoms with Crippen molar-refractivity contribution in [3.05, 3.63) is 34.6 Å². The van der Waals surface area contributed by atoms with Crippen molar-refractivity contribution >= 4 is 27.8 Å². The number of pyridine rings is 1.